The molecule has 5 rings (SSSR count). The summed E-state index contributed by atoms with van der Waals surface area (Å²) in [5.41, 5.74) is 0.111. The van der Waals surface area contributed by atoms with Crippen molar-refractivity contribution < 1.29 is 22.5 Å². The minimum absolute atomic E-state index is 0.132. The van der Waals surface area contributed by atoms with Crippen molar-refractivity contribution in [2.45, 2.75) is 12.6 Å². The smallest absolute Gasteiger partial charge is 0.375 e. The number of halogens is 5. The molecule has 37 heavy (non-hydrogen) atoms. The number of pyridine rings is 1. The first-order chi connectivity index (χ1) is 17.5. The molecule has 4 aromatic rings. The number of hydrogen-bond donors (Lipinski definition) is 2. The van der Waals surface area contributed by atoms with Crippen LogP contribution in [-0.4, -0.2) is 45.5 Å². The van der Waals surface area contributed by atoms with Gasteiger partial charge in [0.15, 0.2) is 0 Å². The summed E-state index contributed by atoms with van der Waals surface area (Å²) in [6, 6.07) is 12.5. The Morgan fingerprint density at radius 2 is 1.78 bits per heavy atom. The highest BCUT2D eigenvalue weighted by Crippen LogP contribution is 2.55. The first-order valence-corrected chi connectivity index (χ1v) is 13.9. The predicted molar refractivity (Wildman–Crippen MR) is 137 cm³/mol. The van der Waals surface area contributed by atoms with Crippen LogP contribution in [0.25, 0.3) is 10.8 Å². The molecule has 0 aliphatic carbocycles. The maximum Gasteiger partial charge on any atom is 0.417 e. The van der Waals surface area contributed by atoms with Crippen LogP contribution in [0.15, 0.2) is 59.5 Å². The Kier molecular flexibility index (Phi) is 6.68. The van der Waals surface area contributed by atoms with Crippen molar-refractivity contribution in [1.82, 2.24) is 15.2 Å². The zero-order chi connectivity index (χ0) is 26.4. The van der Waals surface area contributed by atoms with E-state index in [1.54, 1.807) is 35.2 Å². The minimum Gasteiger partial charge on any atom is -0.375 e. The fourth-order valence-corrected chi connectivity index (χ4v) is 7.57. The van der Waals surface area contributed by atoms with Gasteiger partial charge in [0.25, 0.3) is 5.56 Å². The molecule has 12 heteroatoms. The third-order valence-corrected chi connectivity index (χ3v) is 9.93. The maximum atomic E-state index is 14.9. The van der Waals surface area contributed by atoms with Crippen LogP contribution in [0, 0.1) is 5.82 Å². The summed E-state index contributed by atoms with van der Waals surface area (Å²) in [6.07, 6.45) is -3.04. The van der Waals surface area contributed by atoms with Crippen molar-refractivity contribution in [3.63, 3.8) is 0 Å². The molecule has 2 aromatic heterocycles. The van der Waals surface area contributed by atoms with Gasteiger partial charge in [-0.3, -0.25) is 4.79 Å². The highest BCUT2D eigenvalue weighted by molar-refractivity contribution is 7.77. The molecular weight excluding hydrogens is 531 g/mol. The lowest BCUT2D eigenvalue weighted by atomic mass is 10.0. The van der Waals surface area contributed by atoms with Crippen molar-refractivity contribution in [2.24, 2.45) is 0 Å². The molecule has 1 aliphatic heterocycles. The van der Waals surface area contributed by atoms with Gasteiger partial charge in [0.1, 0.15) is 11.6 Å². The molecule has 0 bridgehead atoms. The van der Waals surface area contributed by atoms with Crippen molar-refractivity contribution >= 4 is 41.0 Å². The summed E-state index contributed by atoms with van der Waals surface area (Å²) >= 11 is 6.09. The topological polar surface area (TPSA) is 82.1 Å². The van der Waals surface area contributed by atoms with E-state index < -0.39 is 25.0 Å². The number of alkyl halides is 3. The fraction of sp³-hybridized carbons (Fsp3) is 0.240. The van der Waals surface area contributed by atoms with Gasteiger partial charge in [0.05, 0.1) is 21.7 Å². The van der Waals surface area contributed by atoms with E-state index in [1.807, 2.05) is 6.07 Å². The number of rotatable bonds is 4. The molecular formula is C25H21ClF4N4O2P. The molecule has 1 fully saturated rings. The van der Waals surface area contributed by atoms with E-state index in [0.29, 0.717) is 22.9 Å². The summed E-state index contributed by atoms with van der Waals surface area (Å²) in [4.78, 5) is 29.2. The lowest BCUT2D eigenvalue weighted by Gasteiger charge is -2.40. The molecule has 1 radical (unpaired) electrons. The number of anilines is 1. The SMILES string of the molecule is O=c1[nH]nc(Cc2ccc(F)c([P]3(O)CCN(c4ncc(C(F)(F)F)cc4Cl)CC3)c2)c2ccccc12. The highest BCUT2D eigenvalue weighted by atomic mass is 35.5. The normalized spacial score (nSPS) is 15.8. The maximum absolute atomic E-state index is 14.9. The molecule has 193 valence electrons. The second-order valence-electron chi connectivity index (χ2n) is 8.89. The van der Waals surface area contributed by atoms with E-state index in [2.05, 4.69) is 15.2 Å². The molecule has 0 saturated carbocycles. The summed E-state index contributed by atoms with van der Waals surface area (Å²) in [5.74, 6) is -0.316. The van der Waals surface area contributed by atoms with Crippen LogP contribution < -0.4 is 15.8 Å². The number of aromatic nitrogens is 3. The molecule has 3 heterocycles. The third kappa shape index (κ3) is 5.06. The number of nitrogens with one attached hydrogen (secondary N) is 1. The molecule has 0 unspecified atom stereocenters. The van der Waals surface area contributed by atoms with Gasteiger partial charge >= 0.3 is 6.18 Å². The first-order valence-electron chi connectivity index (χ1n) is 11.4. The highest BCUT2D eigenvalue weighted by Gasteiger charge is 2.36. The number of benzene rings is 2. The number of fused-ring (bicyclic) bond motifs is 1. The van der Waals surface area contributed by atoms with E-state index in [1.165, 1.54) is 6.07 Å². The lowest BCUT2D eigenvalue weighted by molar-refractivity contribution is -0.137. The van der Waals surface area contributed by atoms with Gasteiger partial charge < -0.3 is 9.79 Å². The number of hydrogen-bond acceptors (Lipinski definition) is 5. The summed E-state index contributed by atoms with van der Waals surface area (Å²) in [6.45, 7) is 0.524. The van der Waals surface area contributed by atoms with E-state index in [4.69, 9.17) is 11.6 Å². The Hall–Kier alpha value is -3.07. The fourth-order valence-electron chi connectivity index (χ4n) is 4.55. The largest absolute Gasteiger partial charge is 0.417 e. The molecule has 6 nitrogen and oxygen atoms in total. The summed E-state index contributed by atoms with van der Waals surface area (Å²) < 4.78 is 53.7. The molecule has 1 saturated heterocycles. The zero-order valence-electron chi connectivity index (χ0n) is 19.3. The zero-order valence-corrected chi connectivity index (χ0v) is 20.9. The molecule has 1 aliphatic rings. The van der Waals surface area contributed by atoms with Gasteiger partial charge in [-0.15, -0.1) is 0 Å². The van der Waals surface area contributed by atoms with Gasteiger partial charge in [-0.25, -0.2) is 14.5 Å². The monoisotopic (exact) mass is 551 g/mol. The Morgan fingerprint density at radius 3 is 2.46 bits per heavy atom. The average molecular weight is 552 g/mol. The molecule has 2 aromatic carbocycles. The van der Waals surface area contributed by atoms with E-state index in [-0.39, 0.29) is 47.1 Å². The second kappa shape index (κ2) is 9.67. The van der Waals surface area contributed by atoms with Crippen LogP contribution in [-0.2, 0) is 12.6 Å². The Labute approximate surface area is 214 Å². The molecule has 0 atom stereocenters. The molecule has 2 N–H and O–H groups in total. The number of H-pyrrole nitrogens is 1. The van der Waals surface area contributed by atoms with Crippen molar-refractivity contribution in [3.05, 3.63) is 92.7 Å². The summed E-state index contributed by atoms with van der Waals surface area (Å²) in [5, 5.41) is 7.97. The second-order valence-corrected chi connectivity index (χ2v) is 12.5. The van der Waals surface area contributed by atoms with E-state index in [0.717, 1.165) is 17.8 Å². The van der Waals surface area contributed by atoms with Crippen LogP contribution in [0.4, 0.5) is 23.4 Å². The number of aromatic amines is 1. The van der Waals surface area contributed by atoms with Gasteiger partial charge in [0.2, 0.25) is 0 Å². The van der Waals surface area contributed by atoms with E-state index >= 15 is 0 Å². The van der Waals surface area contributed by atoms with Gasteiger partial charge in [-0.2, -0.15) is 18.3 Å². The van der Waals surface area contributed by atoms with Crippen molar-refractivity contribution in [3.8, 4) is 0 Å². The van der Waals surface area contributed by atoms with E-state index in [9.17, 15) is 27.2 Å². The van der Waals surface area contributed by atoms with Crippen LogP contribution in [0.5, 0.6) is 0 Å². The van der Waals surface area contributed by atoms with Crippen LogP contribution in [0.2, 0.25) is 5.02 Å². The Bertz CT molecular complexity index is 1540. The van der Waals surface area contributed by atoms with Crippen molar-refractivity contribution in [2.75, 3.05) is 30.3 Å². The first kappa shape index (κ1) is 25.6. The van der Waals surface area contributed by atoms with Crippen LogP contribution in [0.3, 0.4) is 0 Å². The number of nitrogens with zero attached hydrogens (tertiary/aromatic N) is 3. The summed E-state index contributed by atoms with van der Waals surface area (Å²) in [7, 11) is -2.90. The predicted octanol–water partition coefficient (Wildman–Crippen LogP) is 4.79. The van der Waals surface area contributed by atoms with Gasteiger partial charge in [0, 0.05) is 56.2 Å². The Morgan fingerprint density at radius 1 is 1.08 bits per heavy atom. The standard InChI is InChI=1S/C25H21ClF4N4O2P/c26-19-13-16(25(28,29)30)14-31-23(19)34-7-9-37(36,10-8-34)22-12-15(5-6-20(22)27)11-21-17-3-1-2-4-18(17)24(35)33-32-21/h1-6,12-14,36H,7-11H2,(H,33,35). The third-order valence-electron chi connectivity index (χ3n) is 6.53. The average Bonchev–Trinajstić information content (AvgIpc) is 2.87. The van der Waals surface area contributed by atoms with Gasteiger partial charge in [-0.1, -0.05) is 35.9 Å². The van der Waals surface area contributed by atoms with Gasteiger partial charge in [-0.05, 0) is 29.8 Å². The van der Waals surface area contributed by atoms with Crippen molar-refractivity contribution in [1.29, 1.82) is 0 Å². The molecule has 0 amide bonds. The Balaban J connectivity index is 1.37. The quantitative estimate of drug-likeness (QED) is 0.282. The van der Waals surface area contributed by atoms with Crippen LogP contribution >= 0.6 is 19.1 Å². The molecule has 0 spiro atoms. The lowest BCUT2D eigenvalue weighted by Crippen LogP contribution is -2.40. The van der Waals surface area contributed by atoms with Crippen LogP contribution in [0.1, 0.15) is 16.8 Å². The minimum atomic E-state index is -4.55.